The maximum Gasteiger partial charge on any atom is 0.338 e. The molecule has 0 saturated heterocycles. The number of esters is 2. The first kappa shape index (κ1) is 39.3. The maximum absolute atomic E-state index is 12.9. The first-order chi connectivity index (χ1) is 23.9. The first-order valence-corrected chi connectivity index (χ1v) is 16.9. The molecule has 0 bridgehead atoms. The van der Waals surface area contributed by atoms with Gasteiger partial charge in [0.25, 0.3) is 0 Å². The van der Waals surface area contributed by atoms with Gasteiger partial charge in [0.1, 0.15) is 0 Å². The van der Waals surface area contributed by atoms with Crippen LogP contribution in [-0.4, -0.2) is 51.6 Å². The van der Waals surface area contributed by atoms with E-state index in [1.165, 1.54) is 0 Å². The molecule has 0 aliphatic heterocycles. The second-order valence-electron chi connectivity index (χ2n) is 11.2. The Hall–Kier alpha value is -5.12. The van der Waals surface area contributed by atoms with E-state index in [9.17, 15) is 9.59 Å². The highest BCUT2D eigenvalue weighted by Gasteiger charge is 2.43. The van der Waals surface area contributed by atoms with Crippen molar-refractivity contribution in [2.24, 2.45) is 0 Å². The minimum Gasteiger partial charge on any atom is -0.490 e. The van der Waals surface area contributed by atoms with Gasteiger partial charge in [-0.15, -0.1) is 0 Å². The van der Waals surface area contributed by atoms with E-state index in [1.54, 1.807) is 26.0 Å². The largest absolute Gasteiger partial charge is 0.490 e. The van der Waals surface area contributed by atoms with Crippen LogP contribution in [0.25, 0.3) is 0 Å². The van der Waals surface area contributed by atoms with Gasteiger partial charge >= 0.3 is 11.9 Å². The van der Waals surface area contributed by atoms with Gasteiger partial charge in [0.05, 0.1) is 45.1 Å². The summed E-state index contributed by atoms with van der Waals surface area (Å²) < 4.78 is 49.3. The van der Waals surface area contributed by atoms with E-state index in [-0.39, 0.29) is 85.3 Å². The molecular weight excluding hydrogens is 640 g/mol. The van der Waals surface area contributed by atoms with Crippen LogP contribution in [-0.2, 0) is 15.0 Å². The van der Waals surface area contributed by atoms with Gasteiger partial charge < -0.3 is 37.9 Å². The molecule has 270 valence electrons. The van der Waals surface area contributed by atoms with Crippen molar-refractivity contribution in [2.75, 3.05) is 39.6 Å². The Morgan fingerprint density at radius 2 is 0.880 bits per heavy atom. The van der Waals surface area contributed by atoms with Crippen molar-refractivity contribution >= 4 is 11.9 Å². The van der Waals surface area contributed by atoms with Crippen LogP contribution in [0.4, 0.5) is 0 Å². The van der Waals surface area contributed by atoms with Gasteiger partial charge in [-0.2, -0.15) is 0 Å². The zero-order valence-corrected chi connectivity index (χ0v) is 30.8. The quantitative estimate of drug-likeness (QED) is 0.0527. The molecule has 0 spiro atoms. The Balaban J connectivity index is 2.68. The molecule has 3 rings (SSSR count). The molecule has 0 aromatic heterocycles. The van der Waals surface area contributed by atoms with E-state index in [0.717, 1.165) is 5.56 Å². The van der Waals surface area contributed by atoms with Crippen LogP contribution in [0.2, 0.25) is 0 Å². The standard InChI is InChI=1S/C40H50O10/c1-12-43-30-23-28(32(45-14-3)36(47-16-5)34(30)49-38(41)25(7)8)40(11,27-21-19-18-20-22-27)29-24-31(44-13-2)35(50-39(42)26(9)10)37(48-17-6)33(29)46-15-4/h18-24H,7,9,12-17H2,1-6,8,10-11H3. The van der Waals surface area contributed by atoms with Crippen LogP contribution in [0.15, 0.2) is 66.8 Å². The summed E-state index contributed by atoms with van der Waals surface area (Å²) >= 11 is 0. The predicted octanol–water partition coefficient (Wildman–Crippen LogP) is 8.40. The van der Waals surface area contributed by atoms with E-state index in [2.05, 4.69) is 13.2 Å². The number of ether oxygens (including phenoxy) is 8. The lowest BCUT2D eigenvalue weighted by molar-refractivity contribution is -0.131. The minimum absolute atomic E-state index is 0.0707. The minimum atomic E-state index is -1.13. The van der Waals surface area contributed by atoms with Crippen molar-refractivity contribution in [2.45, 2.75) is 67.7 Å². The van der Waals surface area contributed by atoms with Crippen molar-refractivity contribution in [1.82, 2.24) is 0 Å². The number of rotatable bonds is 19. The SMILES string of the molecule is C=C(C)C(=O)Oc1c(OCC)cc(C(C)(c2ccccc2)c2cc(OCC)c(OC(=O)C(=C)C)c(OCC)c2OCC)c(OCC)c1OCC. The highest BCUT2D eigenvalue weighted by atomic mass is 16.6. The Labute approximate surface area is 295 Å². The maximum atomic E-state index is 12.9. The Bertz CT molecular complexity index is 1570. The van der Waals surface area contributed by atoms with E-state index in [4.69, 9.17) is 37.9 Å². The summed E-state index contributed by atoms with van der Waals surface area (Å²) in [6, 6.07) is 13.3. The normalized spacial score (nSPS) is 10.9. The third-order valence-corrected chi connectivity index (χ3v) is 7.58. The Morgan fingerprint density at radius 1 is 0.540 bits per heavy atom. The lowest BCUT2D eigenvalue weighted by Gasteiger charge is -2.36. The monoisotopic (exact) mass is 690 g/mol. The number of benzene rings is 3. The van der Waals surface area contributed by atoms with Crippen LogP contribution in [0.1, 0.15) is 79.0 Å². The first-order valence-electron chi connectivity index (χ1n) is 16.9. The molecule has 0 unspecified atom stereocenters. The molecule has 0 N–H and O–H groups in total. The third kappa shape index (κ3) is 8.35. The summed E-state index contributed by atoms with van der Waals surface area (Å²) in [5.41, 5.74) is 1.31. The molecule has 10 heteroatoms. The zero-order chi connectivity index (χ0) is 37.0. The molecule has 0 radical (unpaired) electrons. The summed E-state index contributed by atoms with van der Waals surface area (Å²) in [5.74, 6) is 0.386. The third-order valence-electron chi connectivity index (χ3n) is 7.58. The molecule has 0 amide bonds. The fourth-order valence-corrected chi connectivity index (χ4v) is 5.37. The van der Waals surface area contributed by atoms with Gasteiger partial charge in [-0.1, -0.05) is 43.5 Å². The van der Waals surface area contributed by atoms with Crippen LogP contribution in [0.3, 0.4) is 0 Å². The topological polar surface area (TPSA) is 108 Å². The van der Waals surface area contributed by atoms with Crippen LogP contribution >= 0.6 is 0 Å². The van der Waals surface area contributed by atoms with Crippen molar-refractivity contribution in [3.05, 3.63) is 83.5 Å². The number of hydrogen-bond acceptors (Lipinski definition) is 10. The number of hydrogen-bond donors (Lipinski definition) is 0. The second kappa shape index (κ2) is 18.0. The predicted molar refractivity (Wildman–Crippen MR) is 193 cm³/mol. The molecule has 50 heavy (non-hydrogen) atoms. The molecule has 0 heterocycles. The Morgan fingerprint density at radius 3 is 1.20 bits per heavy atom. The fraction of sp³-hybridized carbons (Fsp3) is 0.400. The summed E-state index contributed by atoms with van der Waals surface area (Å²) in [6.45, 7) is 25.1. The zero-order valence-electron chi connectivity index (χ0n) is 30.8. The molecule has 3 aromatic rings. The van der Waals surface area contributed by atoms with E-state index >= 15 is 0 Å². The van der Waals surface area contributed by atoms with Gasteiger partial charge in [-0.3, -0.25) is 0 Å². The van der Waals surface area contributed by atoms with Crippen molar-refractivity contribution in [3.8, 4) is 46.0 Å². The fourth-order valence-electron chi connectivity index (χ4n) is 5.37. The summed E-state index contributed by atoms with van der Waals surface area (Å²) in [6.07, 6.45) is 0. The van der Waals surface area contributed by atoms with Crippen molar-refractivity contribution in [1.29, 1.82) is 0 Å². The summed E-state index contributed by atoms with van der Waals surface area (Å²) in [7, 11) is 0. The molecule has 0 fully saturated rings. The second-order valence-corrected chi connectivity index (χ2v) is 11.2. The summed E-state index contributed by atoms with van der Waals surface area (Å²) in [5, 5.41) is 0. The van der Waals surface area contributed by atoms with Crippen molar-refractivity contribution < 1.29 is 47.5 Å². The number of carbonyl (C=O) groups is 2. The number of carbonyl (C=O) groups excluding carboxylic acids is 2. The van der Waals surface area contributed by atoms with Crippen molar-refractivity contribution in [3.63, 3.8) is 0 Å². The molecule has 10 nitrogen and oxygen atoms in total. The van der Waals surface area contributed by atoms with Gasteiger partial charge in [0, 0.05) is 22.3 Å². The van der Waals surface area contributed by atoms with E-state index in [0.29, 0.717) is 22.6 Å². The van der Waals surface area contributed by atoms with Gasteiger partial charge in [-0.25, -0.2) is 9.59 Å². The smallest absolute Gasteiger partial charge is 0.338 e. The lowest BCUT2D eigenvalue weighted by atomic mass is 9.69. The van der Waals surface area contributed by atoms with Gasteiger partial charge in [0.2, 0.25) is 23.0 Å². The molecule has 0 atom stereocenters. The average Bonchev–Trinajstić information content (AvgIpc) is 3.09. The molecular formula is C40H50O10. The molecule has 0 saturated carbocycles. The van der Waals surface area contributed by atoms with Crippen LogP contribution < -0.4 is 37.9 Å². The molecule has 3 aromatic carbocycles. The van der Waals surface area contributed by atoms with Gasteiger partial charge in [-0.05, 0) is 80.0 Å². The van der Waals surface area contributed by atoms with Crippen LogP contribution in [0.5, 0.6) is 46.0 Å². The molecule has 0 aliphatic rings. The highest BCUT2D eigenvalue weighted by molar-refractivity contribution is 5.91. The van der Waals surface area contributed by atoms with E-state index in [1.807, 2.05) is 78.8 Å². The lowest BCUT2D eigenvalue weighted by Crippen LogP contribution is -2.28. The highest BCUT2D eigenvalue weighted by Crippen LogP contribution is 2.58. The van der Waals surface area contributed by atoms with Gasteiger partial charge in [0.15, 0.2) is 23.0 Å². The van der Waals surface area contributed by atoms with Crippen LogP contribution in [0, 0.1) is 0 Å². The summed E-state index contributed by atoms with van der Waals surface area (Å²) in [4.78, 5) is 25.8. The average molecular weight is 691 g/mol. The van der Waals surface area contributed by atoms with E-state index < -0.39 is 17.4 Å². The molecule has 0 aliphatic carbocycles. The Kier molecular flexibility index (Phi) is 14.2.